The van der Waals surface area contributed by atoms with Crippen molar-refractivity contribution in [3.05, 3.63) is 77.5 Å². The van der Waals surface area contributed by atoms with Crippen LogP contribution >= 0.6 is 11.3 Å². The maximum absolute atomic E-state index is 13.4. The monoisotopic (exact) mass is 492 g/mol. The van der Waals surface area contributed by atoms with Gasteiger partial charge in [0.1, 0.15) is 23.3 Å². The molecule has 4 aromatic rings. The van der Waals surface area contributed by atoms with Crippen molar-refractivity contribution >= 4 is 38.4 Å². The number of amides is 1. The van der Waals surface area contributed by atoms with Crippen LogP contribution in [0.15, 0.2) is 70.5 Å². The molecule has 178 valence electrons. The van der Waals surface area contributed by atoms with Gasteiger partial charge in [-0.25, -0.2) is 4.98 Å². The highest BCUT2D eigenvalue weighted by atomic mass is 32.1. The number of aromatic nitrogens is 1. The van der Waals surface area contributed by atoms with Crippen molar-refractivity contribution in [1.29, 1.82) is 0 Å². The van der Waals surface area contributed by atoms with Gasteiger partial charge in [0, 0.05) is 5.56 Å². The molecule has 1 aliphatic heterocycles. The number of anilines is 1. The lowest BCUT2D eigenvalue weighted by Gasteiger charge is -2.26. The molecule has 35 heavy (non-hydrogen) atoms. The number of furan rings is 1. The number of ether oxygens (including phenoxy) is 3. The highest BCUT2D eigenvalue weighted by Crippen LogP contribution is 2.47. The van der Waals surface area contributed by atoms with Crippen molar-refractivity contribution < 1.29 is 33.3 Å². The zero-order chi connectivity index (χ0) is 24.7. The fourth-order valence-corrected chi connectivity index (χ4v) is 5.07. The Labute approximate surface area is 203 Å². The minimum Gasteiger partial charge on any atom is -0.503 e. The average Bonchev–Trinajstić information content (AvgIpc) is 3.61. The summed E-state index contributed by atoms with van der Waals surface area (Å²) in [6, 6.07) is 12.4. The number of aliphatic hydroxyl groups is 1. The number of nitrogens with zero attached hydrogens (tertiary/aromatic N) is 2. The van der Waals surface area contributed by atoms with E-state index in [1.807, 2.05) is 0 Å². The summed E-state index contributed by atoms with van der Waals surface area (Å²) in [4.78, 5) is 32.8. The lowest BCUT2D eigenvalue weighted by molar-refractivity contribution is -0.117. The first-order valence-electron chi connectivity index (χ1n) is 10.5. The minimum atomic E-state index is -1.05. The number of ketones is 1. The number of thiazole rings is 1. The third kappa shape index (κ3) is 3.68. The highest BCUT2D eigenvalue weighted by Gasteiger charge is 2.47. The van der Waals surface area contributed by atoms with E-state index >= 15 is 0 Å². The Balaban J connectivity index is 1.73. The van der Waals surface area contributed by atoms with Crippen molar-refractivity contribution in [1.82, 2.24) is 4.98 Å². The van der Waals surface area contributed by atoms with Crippen molar-refractivity contribution in [2.75, 3.05) is 26.2 Å². The van der Waals surface area contributed by atoms with Crippen LogP contribution in [0.1, 0.15) is 22.2 Å². The molecule has 10 heteroatoms. The zero-order valence-corrected chi connectivity index (χ0v) is 19.8. The van der Waals surface area contributed by atoms with E-state index in [1.54, 1.807) is 49.6 Å². The first-order valence-corrected chi connectivity index (χ1v) is 11.3. The maximum Gasteiger partial charge on any atom is 0.296 e. The zero-order valence-electron chi connectivity index (χ0n) is 19.0. The molecule has 0 spiro atoms. The van der Waals surface area contributed by atoms with Crippen LogP contribution in [0.25, 0.3) is 10.2 Å². The fraction of sp³-hybridized carbons (Fsp3) is 0.160. The van der Waals surface area contributed by atoms with E-state index in [2.05, 4.69) is 4.98 Å². The van der Waals surface area contributed by atoms with Gasteiger partial charge in [0.2, 0.25) is 5.78 Å². The van der Waals surface area contributed by atoms with Crippen LogP contribution < -0.4 is 19.1 Å². The molecule has 0 fully saturated rings. The van der Waals surface area contributed by atoms with Gasteiger partial charge < -0.3 is 23.7 Å². The van der Waals surface area contributed by atoms with Gasteiger partial charge in [-0.15, -0.1) is 0 Å². The second-order valence-corrected chi connectivity index (χ2v) is 8.59. The summed E-state index contributed by atoms with van der Waals surface area (Å²) in [6.07, 6.45) is 1.35. The number of carbonyl (C=O) groups excluding carboxylic acids is 2. The molecule has 2 aromatic carbocycles. The average molecular weight is 493 g/mol. The van der Waals surface area contributed by atoms with Gasteiger partial charge in [0.15, 0.2) is 16.7 Å². The fourth-order valence-electron chi connectivity index (χ4n) is 4.05. The Morgan fingerprint density at radius 2 is 1.80 bits per heavy atom. The van der Waals surface area contributed by atoms with Gasteiger partial charge in [-0.2, -0.15) is 0 Å². The summed E-state index contributed by atoms with van der Waals surface area (Å²) in [6.45, 7) is 0. The van der Waals surface area contributed by atoms with Gasteiger partial charge in [-0.05, 0) is 48.5 Å². The molecule has 3 heterocycles. The summed E-state index contributed by atoms with van der Waals surface area (Å²) >= 11 is 1.23. The van der Waals surface area contributed by atoms with E-state index in [1.165, 1.54) is 42.8 Å². The van der Waals surface area contributed by atoms with Crippen LogP contribution in [-0.4, -0.2) is 43.1 Å². The Bertz CT molecular complexity index is 1470. The van der Waals surface area contributed by atoms with Crippen LogP contribution in [-0.2, 0) is 4.79 Å². The predicted octanol–water partition coefficient (Wildman–Crippen LogP) is 4.70. The molecular weight excluding hydrogens is 472 g/mol. The predicted molar refractivity (Wildman–Crippen MR) is 129 cm³/mol. The number of hydrogen-bond acceptors (Lipinski definition) is 9. The van der Waals surface area contributed by atoms with Crippen molar-refractivity contribution in [3.63, 3.8) is 0 Å². The standard InChI is InChI=1S/C25H20N2O7S/c1-31-13-7-9-17(33-3)15(11-13)21-20(22(28)18-5-4-10-34-18)23(29)24(30)27(21)25-26-16-8-6-14(32-2)12-19(16)35-25/h4-12,21,29H,1-3H3. The van der Waals surface area contributed by atoms with Crippen molar-refractivity contribution in [2.24, 2.45) is 0 Å². The topological polar surface area (TPSA) is 111 Å². The van der Waals surface area contributed by atoms with Crippen LogP contribution in [0.3, 0.4) is 0 Å². The van der Waals surface area contributed by atoms with E-state index in [0.717, 1.165) is 4.70 Å². The van der Waals surface area contributed by atoms with Gasteiger partial charge in [0.05, 0.1) is 43.4 Å². The number of carbonyl (C=O) groups is 2. The summed E-state index contributed by atoms with van der Waals surface area (Å²) in [5, 5.41) is 11.2. The second-order valence-electron chi connectivity index (χ2n) is 7.58. The summed E-state index contributed by atoms with van der Waals surface area (Å²) in [5.74, 6) is -0.558. The quantitative estimate of drug-likeness (QED) is 0.370. The van der Waals surface area contributed by atoms with E-state index in [0.29, 0.717) is 33.5 Å². The summed E-state index contributed by atoms with van der Waals surface area (Å²) < 4.78 is 22.3. The largest absolute Gasteiger partial charge is 0.503 e. The Morgan fingerprint density at radius 1 is 1.06 bits per heavy atom. The maximum atomic E-state index is 13.4. The second kappa shape index (κ2) is 8.80. The Hall–Kier alpha value is -4.31. The molecule has 2 aromatic heterocycles. The first kappa shape index (κ1) is 22.5. The van der Waals surface area contributed by atoms with E-state index in [4.69, 9.17) is 18.6 Å². The van der Waals surface area contributed by atoms with Gasteiger partial charge in [-0.3, -0.25) is 14.5 Å². The van der Waals surface area contributed by atoms with Crippen molar-refractivity contribution in [2.45, 2.75) is 6.04 Å². The number of fused-ring (bicyclic) bond motifs is 1. The molecule has 5 rings (SSSR count). The Kier molecular flexibility index (Phi) is 5.65. The highest BCUT2D eigenvalue weighted by molar-refractivity contribution is 7.22. The van der Waals surface area contributed by atoms with Gasteiger partial charge >= 0.3 is 0 Å². The summed E-state index contributed by atoms with van der Waals surface area (Å²) in [7, 11) is 4.55. The number of benzene rings is 2. The number of hydrogen-bond donors (Lipinski definition) is 1. The number of Topliss-reactive ketones (excluding diaryl/α,β-unsaturated/α-hetero) is 1. The molecule has 0 bridgehead atoms. The molecule has 1 amide bonds. The smallest absolute Gasteiger partial charge is 0.296 e. The molecule has 0 saturated heterocycles. The van der Waals surface area contributed by atoms with Crippen molar-refractivity contribution in [3.8, 4) is 17.2 Å². The summed E-state index contributed by atoms with van der Waals surface area (Å²) in [5.41, 5.74) is 0.935. The van der Waals surface area contributed by atoms with Crippen LogP contribution in [0.2, 0.25) is 0 Å². The van der Waals surface area contributed by atoms with Gasteiger partial charge in [0.25, 0.3) is 5.91 Å². The molecule has 0 radical (unpaired) electrons. The molecule has 1 N–H and O–H groups in total. The molecular formula is C25H20N2O7S. The minimum absolute atomic E-state index is 0.0119. The Morgan fingerprint density at radius 3 is 2.49 bits per heavy atom. The number of methoxy groups -OCH3 is 3. The number of aliphatic hydroxyl groups excluding tert-OH is 1. The molecule has 1 unspecified atom stereocenters. The lowest BCUT2D eigenvalue weighted by atomic mass is 9.94. The molecule has 1 aliphatic rings. The molecule has 0 aliphatic carbocycles. The van der Waals surface area contributed by atoms with E-state index < -0.39 is 23.5 Å². The van der Waals surface area contributed by atoms with E-state index in [-0.39, 0.29) is 11.3 Å². The van der Waals surface area contributed by atoms with Crippen LogP contribution in [0.4, 0.5) is 5.13 Å². The third-order valence-electron chi connectivity index (χ3n) is 5.72. The first-order chi connectivity index (χ1) is 17.0. The van der Waals surface area contributed by atoms with E-state index in [9.17, 15) is 14.7 Å². The van der Waals surface area contributed by atoms with Crippen LogP contribution in [0, 0.1) is 0 Å². The number of rotatable bonds is 7. The molecule has 1 atom stereocenters. The molecule has 9 nitrogen and oxygen atoms in total. The normalized spacial score (nSPS) is 15.7. The lowest BCUT2D eigenvalue weighted by Crippen LogP contribution is -2.31. The SMILES string of the molecule is COc1ccc(OC)c(C2C(C(=O)c3ccco3)=C(O)C(=O)N2c2nc3ccc(OC)cc3s2)c1. The van der Waals surface area contributed by atoms with Gasteiger partial charge in [-0.1, -0.05) is 11.3 Å². The molecule has 0 saturated carbocycles. The third-order valence-corrected chi connectivity index (χ3v) is 6.74. The van der Waals surface area contributed by atoms with Crippen LogP contribution in [0.5, 0.6) is 17.2 Å².